The van der Waals surface area contributed by atoms with Gasteiger partial charge >= 0.3 is 5.97 Å². The fourth-order valence-electron chi connectivity index (χ4n) is 2.29. The van der Waals surface area contributed by atoms with E-state index in [1.165, 1.54) is 19.1 Å². The summed E-state index contributed by atoms with van der Waals surface area (Å²) in [6.07, 6.45) is 1.47. The largest absolute Gasteiger partial charge is 0.480 e. The Morgan fingerprint density at radius 2 is 2.08 bits per heavy atom. The van der Waals surface area contributed by atoms with Crippen molar-refractivity contribution in [2.24, 2.45) is 0 Å². The van der Waals surface area contributed by atoms with Crippen molar-refractivity contribution in [1.29, 1.82) is 0 Å². The van der Waals surface area contributed by atoms with Crippen molar-refractivity contribution in [2.75, 3.05) is 0 Å². The highest BCUT2D eigenvalue weighted by Gasteiger charge is 2.38. The zero-order valence-corrected chi connectivity index (χ0v) is 14.6. The van der Waals surface area contributed by atoms with Crippen LogP contribution in [0.4, 0.5) is 4.39 Å². The second-order valence-electron chi connectivity index (χ2n) is 5.25. The molecule has 1 aromatic heterocycles. The van der Waals surface area contributed by atoms with Gasteiger partial charge in [-0.2, -0.15) is 0 Å². The third-order valence-corrected chi connectivity index (χ3v) is 4.94. The van der Waals surface area contributed by atoms with Gasteiger partial charge in [-0.15, -0.1) is 0 Å². The Kier molecular flexibility index (Phi) is 4.73. The van der Waals surface area contributed by atoms with Crippen molar-refractivity contribution >= 4 is 46.3 Å². The van der Waals surface area contributed by atoms with Crippen molar-refractivity contribution in [3.05, 3.63) is 52.9 Å². The van der Waals surface area contributed by atoms with E-state index in [1.54, 1.807) is 30.3 Å². The first-order valence-electron chi connectivity index (χ1n) is 7.23. The number of amides is 1. The number of carbonyl (C=O) groups is 2. The molecule has 8 heteroatoms. The molecule has 0 unspecified atom stereocenters. The Labute approximate surface area is 152 Å². The van der Waals surface area contributed by atoms with Gasteiger partial charge in [0.15, 0.2) is 0 Å². The molecule has 1 fully saturated rings. The van der Waals surface area contributed by atoms with E-state index >= 15 is 0 Å². The van der Waals surface area contributed by atoms with Gasteiger partial charge in [-0.05, 0) is 31.2 Å². The highest BCUT2D eigenvalue weighted by atomic mass is 32.2. The molecule has 2 heterocycles. The molecular formula is C17H12FNO4S2. The van der Waals surface area contributed by atoms with Crippen LogP contribution in [-0.4, -0.2) is 32.2 Å². The number of aliphatic carboxylic acids is 1. The van der Waals surface area contributed by atoms with Crippen molar-refractivity contribution in [2.45, 2.75) is 13.0 Å². The van der Waals surface area contributed by atoms with Gasteiger partial charge in [0.25, 0.3) is 5.91 Å². The molecule has 1 aliphatic heterocycles. The number of halogens is 1. The van der Waals surface area contributed by atoms with Crippen LogP contribution < -0.4 is 0 Å². The number of carbonyl (C=O) groups excluding carboxylic acids is 1. The fourth-order valence-corrected chi connectivity index (χ4v) is 3.69. The third-order valence-electron chi connectivity index (χ3n) is 3.61. The fraction of sp³-hybridized carbons (Fsp3) is 0.118. The minimum Gasteiger partial charge on any atom is -0.480 e. The first kappa shape index (κ1) is 17.4. The SMILES string of the molecule is C[C@@H](C(=O)O)N1C(=O)/C(=C/c2ccc(-c3ccccc3F)o2)SC1=S. The van der Waals surface area contributed by atoms with Crippen LogP contribution in [0.2, 0.25) is 0 Å². The van der Waals surface area contributed by atoms with Crippen molar-refractivity contribution in [1.82, 2.24) is 4.90 Å². The second kappa shape index (κ2) is 6.81. The molecule has 1 amide bonds. The average Bonchev–Trinajstić information content (AvgIpc) is 3.13. The van der Waals surface area contributed by atoms with Gasteiger partial charge in [0, 0.05) is 6.08 Å². The van der Waals surface area contributed by atoms with Crippen LogP contribution in [0, 0.1) is 5.82 Å². The lowest BCUT2D eigenvalue weighted by molar-refractivity contribution is -0.144. The first-order valence-corrected chi connectivity index (χ1v) is 8.45. The molecule has 1 atom stereocenters. The van der Waals surface area contributed by atoms with E-state index in [9.17, 15) is 14.0 Å². The van der Waals surface area contributed by atoms with Gasteiger partial charge in [-0.3, -0.25) is 9.69 Å². The third kappa shape index (κ3) is 3.35. The lowest BCUT2D eigenvalue weighted by Gasteiger charge is -2.18. The molecule has 1 saturated heterocycles. The monoisotopic (exact) mass is 377 g/mol. The maximum Gasteiger partial charge on any atom is 0.326 e. The van der Waals surface area contributed by atoms with E-state index in [0.29, 0.717) is 17.1 Å². The number of carboxylic acids is 1. The summed E-state index contributed by atoms with van der Waals surface area (Å²) < 4.78 is 19.6. The number of furan rings is 1. The summed E-state index contributed by atoms with van der Waals surface area (Å²) >= 11 is 6.09. The Bertz CT molecular complexity index is 906. The van der Waals surface area contributed by atoms with E-state index in [0.717, 1.165) is 16.7 Å². The molecule has 0 saturated carbocycles. The normalized spacial score (nSPS) is 17.4. The van der Waals surface area contributed by atoms with Crippen LogP contribution in [0.25, 0.3) is 17.4 Å². The van der Waals surface area contributed by atoms with E-state index in [-0.39, 0.29) is 9.23 Å². The molecule has 25 heavy (non-hydrogen) atoms. The summed E-state index contributed by atoms with van der Waals surface area (Å²) in [6.45, 7) is 1.39. The van der Waals surface area contributed by atoms with Gasteiger partial charge < -0.3 is 9.52 Å². The molecule has 5 nitrogen and oxygen atoms in total. The van der Waals surface area contributed by atoms with Crippen molar-refractivity contribution in [3.8, 4) is 11.3 Å². The molecule has 1 aromatic carbocycles. The van der Waals surface area contributed by atoms with Crippen LogP contribution in [0.1, 0.15) is 12.7 Å². The summed E-state index contributed by atoms with van der Waals surface area (Å²) in [6, 6.07) is 8.35. The quantitative estimate of drug-likeness (QED) is 0.646. The van der Waals surface area contributed by atoms with Crippen LogP contribution in [0.5, 0.6) is 0 Å². The summed E-state index contributed by atoms with van der Waals surface area (Å²) in [4.78, 5) is 24.8. The summed E-state index contributed by atoms with van der Waals surface area (Å²) in [5.41, 5.74) is 0.314. The Balaban J connectivity index is 1.88. The zero-order valence-electron chi connectivity index (χ0n) is 12.9. The smallest absolute Gasteiger partial charge is 0.326 e. The van der Waals surface area contributed by atoms with Crippen LogP contribution in [-0.2, 0) is 9.59 Å². The summed E-state index contributed by atoms with van der Waals surface area (Å²) in [7, 11) is 0. The van der Waals surface area contributed by atoms with E-state index < -0.39 is 23.7 Å². The predicted molar refractivity (Wildman–Crippen MR) is 96.2 cm³/mol. The number of thioether (sulfide) groups is 1. The maximum absolute atomic E-state index is 13.8. The molecule has 128 valence electrons. The van der Waals surface area contributed by atoms with E-state index in [1.807, 2.05) is 0 Å². The van der Waals surface area contributed by atoms with Gasteiger partial charge in [-0.25, -0.2) is 9.18 Å². The number of hydrogen-bond donors (Lipinski definition) is 1. The molecule has 1 aliphatic rings. The zero-order chi connectivity index (χ0) is 18.1. The number of carboxylic acid groups (broad SMARTS) is 1. The number of rotatable bonds is 4. The maximum atomic E-state index is 13.8. The number of thiocarbonyl (C=S) groups is 1. The molecule has 3 rings (SSSR count). The minimum absolute atomic E-state index is 0.173. The molecule has 0 spiro atoms. The first-order chi connectivity index (χ1) is 11.9. The number of benzene rings is 1. The van der Waals surface area contributed by atoms with Gasteiger partial charge in [0.1, 0.15) is 27.7 Å². The Morgan fingerprint density at radius 3 is 2.76 bits per heavy atom. The lowest BCUT2D eigenvalue weighted by Crippen LogP contribution is -2.41. The molecule has 2 aromatic rings. The average molecular weight is 377 g/mol. The highest BCUT2D eigenvalue weighted by molar-refractivity contribution is 8.26. The molecule has 0 bridgehead atoms. The van der Waals surface area contributed by atoms with E-state index in [4.69, 9.17) is 21.7 Å². The molecule has 0 aliphatic carbocycles. The minimum atomic E-state index is -1.14. The Morgan fingerprint density at radius 1 is 1.36 bits per heavy atom. The standard InChI is InChI=1S/C17H12FNO4S2/c1-9(16(21)22)19-15(20)14(25-17(19)24)8-10-6-7-13(23-10)11-4-2-3-5-12(11)18/h2-9H,1H3,(H,21,22)/b14-8-/t9-/m0/s1. The lowest BCUT2D eigenvalue weighted by atomic mass is 10.1. The number of nitrogens with zero attached hydrogens (tertiary/aromatic N) is 1. The topological polar surface area (TPSA) is 70.8 Å². The van der Waals surface area contributed by atoms with Crippen molar-refractivity contribution < 1.29 is 23.5 Å². The second-order valence-corrected chi connectivity index (χ2v) is 6.92. The predicted octanol–water partition coefficient (Wildman–Crippen LogP) is 3.76. The van der Waals surface area contributed by atoms with Crippen LogP contribution >= 0.6 is 24.0 Å². The van der Waals surface area contributed by atoms with Crippen LogP contribution in [0.15, 0.2) is 45.7 Å². The molecule has 1 N–H and O–H groups in total. The molecule has 0 radical (unpaired) electrons. The van der Waals surface area contributed by atoms with E-state index in [2.05, 4.69) is 0 Å². The van der Waals surface area contributed by atoms with Gasteiger partial charge in [0.05, 0.1) is 10.5 Å². The highest BCUT2D eigenvalue weighted by Crippen LogP contribution is 2.35. The summed E-state index contributed by atoms with van der Waals surface area (Å²) in [5.74, 6) is -1.36. The Hall–Kier alpha value is -2.45. The van der Waals surface area contributed by atoms with Crippen LogP contribution in [0.3, 0.4) is 0 Å². The number of hydrogen-bond acceptors (Lipinski definition) is 5. The molecular weight excluding hydrogens is 365 g/mol. The van der Waals surface area contributed by atoms with Crippen molar-refractivity contribution in [3.63, 3.8) is 0 Å². The summed E-state index contributed by atoms with van der Waals surface area (Å²) in [5, 5.41) is 9.07. The van der Waals surface area contributed by atoms with Gasteiger partial charge in [-0.1, -0.05) is 36.1 Å². The van der Waals surface area contributed by atoms with Gasteiger partial charge in [0.2, 0.25) is 0 Å².